The Kier molecular flexibility index (Phi) is 4.39. The molecule has 2 saturated carbocycles. The second-order valence-electron chi connectivity index (χ2n) is 11.6. The number of allylic oxidation sites excluding steroid dienone is 1. The maximum absolute atomic E-state index is 14.1. The first-order valence-corrected chi connectivity index (χ1v) is 11.7. The van der Waals surface area contributed by atoms with Crippen molar-refractivity contribution in [3.63, 3.8) is 0 Å². The third-order valence-corrected chi connectivity index (χ3v) is 9.91. The van der Waals surface area contributed by atoms with Gasteiger partial charge in [0, 0.05) is 29.4 Å². The largest absolute Gasteiger partial charge is 0.509 e. The van der Waals surface area contributed by atoms with Gasteiger partial charge in [-0.3, -0.25) is 4.79 Å². The summed E-state index contributed by atoms with van der Waals surface area (Å²) in [6.07, 6.45) is 6.82. The van der Waals surface area contributed by atoms with Crippen LogP contribution in [0.2, 0.25) is 0 Å². The third-order valence-electron chi connectivity index (χ3n) is 9.91. The van der Waals surface area contributed by atoms with Gasteiger partial charge in [-0.2, -0.15) is 0 Å². The molecular formula is C26H32O7. The summed E-state index contributed by atoms with van der Waals surface area (Å²) >= 11 is 0. The van der Waals surface area contributed by atoms with E-state index in [1.165, 1.54) is 6.08 Å². The predicted octanol–water partition coefficient (Wildman–Crippen LogP) is 5.16. The minimum absolute atomic E-state index is 0.0310. The Morgan fingerprint density at radius 3 is 2.36 bits per heavy atom. The van der Waals surface area contributed by atoms with Gasteiger partial charge in [0.05, 0.1) is 17.9 Å². The number of ketones is 1. The number of fused-ring (bicyclic) bond motifs is 5. The van der Waals surface area contributed by atoms with Crippen LogP contribution in [0.25, 0.3) is 0 Å². The monoisotopic (exact) mass is 456 g/mol. The lowest BCUT2D eigenvalue weighted by atomic mass is 9.37. The van der Waals surface area contributed by atoms with Gasteiger partial charge in [0.1, 0.15) is 23.1 Å². The minimum Gasteiger partial charge on any atom is -0.472 e. The molecule has 7 heteroatoms. The van der Waals surface area contributed by atoms with E-state index in [4.69, 9.17) is 18.6 Å². The highest BCUT2D eigenvalue weighted by Gasteiger charge is 2.76. The third kappa shape index (κ3) is 2.59. The molecule has 0 radical (unpaired) electrons. The van der Waals surface area contributed by atoms with E-state index < -0.39 is 45.7 Å². The number of carbonyl (C=O) groups is 3. The van der Waals surface area contributed by atoms with Crippen molar-refractivity contribution in [1.82, 2.24) is 0 Å². The first-order chi connectivity index (χ1) is 15.3. The number of hydrogen-bond acceptors (Lipinski definition) is 7. The predicted molar refractivity (Wildman–Crippen MR) is 117 cm³/mol. The van der Waals surface area contributed by atoms with E-state index in [2.05, 4.69) is 6.92 Å². The first kappa shape index (κ1) is 22.2. The van der Waals surface area contributed by atoms with Crippen molar-refractivity contribution >= 4 is 17.9 Å². The van der Waals surface area contributed by atoms with Gasteiger partial charge in [-0.1, -0.05) is 19.9 Å². The summed E-state index contributed by atoms with van der Waals surface area (Å²) in [7, 11) is 0. The standard InChI is InChI=1S/C26H32O7/c1-22(2)17-13-18(27)25(5)16(23(17,3)10-8-19(28)32-22)7-11-24(4)20(15-9-12-30-14-15)31-21(29)33-26(24,25)6/h8-10,12,14,16-17,20H,7,11,13H2,1-6H3/t16?,17?,20-,23+,24-,25-,26+/m0/s1. The van der Waals surface area contributed by atoms with Crippen molar-refractivity contribution in [2.24, 2.45) is 28.1 Å². The number of furan rings is 1. The Labute approximate surface area is 193 Å². The maximum atomic E-state index is 14.1. The molecule has 33 heavy (non-hydrogen) atoms. The van der Waals surface area contributed by atoms with E-state index in [1.54, 1.807) is 18.6 Å². The Morgan fingerprint density at radius 2 is 1.70 bits per heavy atom. The number of esters is 1. The van der Waals surface area contributed by atoms with E-state index in [0.717, 1.165) is 5.56 Å². The van der Waals surface area contributed by atoms with Crippen LogP contribution >= 0.6 is 0 Å². The molecule has 178 valence electrons. The fourth-order valence-corrected chi connectivity index (χ4v) is 7.87. The van der Waals surface area contributed by atoms with E-state index in [9.17, 15) is 14.4 Å². The highest BCUT2D eigenvalue weighted by atomic mass is 16.7. The molecule has 1 aromatic heterocycles. The maximum Gasteiger partial charge on any atom is 0.509 e. The average Bonchev–Trinajstić information content (AvgIpc) is 3.22. The molecule has 0 aromatic carbocycles. The summed E-state index contributed by atoms with van der Waals surface area (Å²) in [4.78, 5) is 39.3. The molecule has 5 rings (SSSR count). The van der Waals surface area contributed by atoms with Gasteiger partial charge >= 0.3 is 12.1 Å². The second-order valence-corrected chi connectivity index (χ2v) is 11.6. The lowest BCUT2D eigenvalue weighted by Gasteiger charge is -2.69. The van der Waals surface area contributed by atoms with Gasteiger partial charge in [0.15, 0.2) is 0 Å². The van der Waals surface area contributed by atoms with Crippen LogP contribution in [0, 0.1) is 28.1 Å². The van der Waals surface area contributed by atoms with Crippen molar-refractivity contribution in [2.45, 2.75) is 78.1 Å². The summed E-state index contributed by atoms with van der Waals surface area (Å²) in [6.45, 7) is 11.8. The molecule has 3 heterocycles. The zero-order chi connectivity index (χ0) is 24.0. The molecule has 3 fully saturated rings. The second kappa shape index (κ2) is 6.51. The zero-order valence-electron chi connectivity index (χ0n) is 20.1. The molecule has 1 saturated heterocycles. The molecule has 7 nitrogen and oxygen atoms in total. The summed E-state index contributed by atoms with van der Waals surface area (Å²) in [5.41, 5.74) is -3.33. The summed E-state index contributed by atoms with van der Waals surface area (Å²) in [6, 6.07) is 1.79. The van der Waals surface area contributed by atoms with Crippen LogP contribution in [-0.2, 0) is 23.8 Å². The minimum atomic E-state index is -1.12. The van der Waals surface area contributed by atoms with E-state index >= 15 is 0 Å². The average molecular weight is 457 g/mol. The number of rotatable bonds is 1. The SMILES string of the molecule is CC1(C)OC(=O)C=C[C@@]2(C)C1CC(=O)[C@]1(C)C2CC[C@@]2(C)[C@H](c3ccoc3)OC(=O)O[C@]21C. The van der Waals surface area contributed by atoms with Crippen molar-refractivity contribution in [3.8, 4) is 0 Å². The van der Waals surface area contributed by atoms with E-state index in [-0.39, 0.29) is 24.0 Å². The highest BCUT2D eigenvalue weighted by molar-refractivity contribution is 5.90. The van der Waals surface area contributed by atoms with Crippen LogP contribution in [0.15, 0.2) is 35.2 Å². The zero-order valence-corrected chi connectivity index (χ0v) is 20.1. The van der Waals surface area contributed by atoms with Gasteiger partial charge in [0.2, 0.25) is 0 Å². The van der Waals surface area contributed by atoms with E-state index in [0.29, 0.717) is 12.8 Å². The molecule has 1 aromatic rings. The van der Waals surface area contributed by atoms with Crippen LogP contribution in [-0.4, -0.2) is 29.1 Å². The van der Waals surface area contributed by atoms with Gasteiger partial charge in [0.25, 0.3) is 0 Å². The molecular weight excluding hydrogens is 424 g/mol. The number of carbonyl (C=O) groups excluding carboxylic acids is 3. The summed E-state index contributed by atoms with van der Waals surface area (Å²) < 4.78 is 22.8. The Morgan fingerprint density at radius 1 is 0.970 bits per heavy atom. The van der Waals surface area contributed by atoms with Crippen LogP contribution < -0.4 is 0 Å². The van der Waals surface area contributed by atoms with Crippen LogP contribution in [0.1, 0.15) is 72.5 Å². The number of ether oxygens (including phenoxy) is 3. The smallest absolute Gasteiger partial charge is 0.472 e. The number of hydrogen-bond donors (Lipinski definition) is 0. The number of Topliss-reactive ketones (excluding diaryl/α,β-unsaturated/α-hetero) is 1. The molecule has 4 aliphatic rings. The van der Waals surface area contributed by atoms with Crippen molar-refractivity contribution in [2.75, 3.05) is 0 Å². The molecule has 0 N–H and O–H groups in total. The van der Waals surface area contributed by atoms with Crippen LogP contribution in [0.5, 0.6) is 0 Å². The van der Waals surface area contributed by atoms with Crippen molar-refractivity contribution in [1.29, 1.82) is 0 Å². The summed E-state index contributed by atoms with van der Waals surface area (Å²) in [5.74, 6) is -0.709. The fourth-order valence-electron chi connectivity index (χ4n) is 7.87. The molecule has 7 atom stereocenters. The van der Waals surface area contributed by atoms with Crippen LogP contribution in [0.3, 0.4) is 0 Å². The first-order valence-electron chi connectivity index (χ1n) is 11.7. The summed E-state index contributed by atoms with van der Waals surface area (Å²) in [5, 5.41) is 0. The Hall–Kier alpha value is -2.57. The van der Waals surface area contributed by atoms with Crippen LogP contribution in [0.4, 0.5) is 4.79 Å². The van der Waals surface area contributed by atoms with E-state index in [1.807, 2.05) is 40.7 Å². The molecule has 2 aliphatic carbocycles. The Bertz CT molecular complexity index is 1050. The number of cyclic esters (lactones) is 2. The van der Waals surface area contributed by atoms with Gasteiger partial charge in [-0.25, -0.2) is 9.59 Å². The normalized spacial score (nSPS) is 46.1. The molecule has 2 aliphatic heterocycles. The topological polar surface area (TPSA) is 92.0 Å². The quantitative estimate of drug-likeness (QED) is 0.539. The molecule has 0 bridgehead atoms. The van der Waals surface area contributed by atoms with Gasteiger partial charge < -0.3 is 18.6 Å². The molecule has 2 unspecified atom stereocenters. The highest BCUT2D eigenvalue weighted by Crippen LogP contribution is 2.72. The van der Waals surface area contributed by atoms with Crippen molar-refractivity contribution in [3.05, 3.63) is 36.3 Å². The lowest BCUT2D eigenvalue weighted by Crippen LogP contribution is -2.74. The van der Waals surface area contributed by atoms with Crippen molar-refractivity contribution < 1.29 is 33.0 Å². The lowest BCUT2D eigenvalue weighted by molar-refractivity contribution is -0.289. The Balaban J connectivity index is 1.69. The fraction of sp³-hybridized carbons (Fsp3) is 0.654. The molecule has 0 amide bonds. The van der Waals surface area contributed by atoms with Gasteiger partial charge in [-0.15, -0.1) is 0 Å². The molecule has 0 spiro atoms. The van der Waals surface area contributed by atoms with Gasteiger partial charge in [-0.05, 0) is 57.9 Å².